The molecule has 9 nitrogen and oxygen atoms in total. The zero-order valence-corrected chi connectivity index (χ0v) is 18.1. The minimum Gasteiger partial charge on any atom is -0.374 e. The van der Waals surface area contributed by atoms with Crippen molar-refractivity contribution >= 4 is 38.9 Å². The van der Waals surface area contributed by atoms with Crippen molar-refractivity contribution in [3.8, 4) is 6.01 Å². The van der Waals surface area contributed by atoms with Gasteiger partial charge in [-0.1, -0.05) is 15.9 Å². The van der Waals surface area contributed by atoms with E-state index < -0.39 is 12.1 Å². The molecular weight excluding hydrogens is 462 g/mol. The third-order valence-electron chi connectivity index (χ3n) is 5.26. The van der Waals surface area contributed by atoms with Crippen molar-refractivity contribution < 1.29 is 9.53 Å². The quantitative estimate of drug-likeness (QED) is 0.460. The van der Waals surface area contributed by atoms with Crippen LogP contribution < -0.4 is 10.1 Å². The summed E-state index contributed by atoms with van der Waals surface area (Å²) in [5.41, 5.74) is 3.87. The fourth-order valence-corrected chi connectivity index (χ4v) is 4.25. The first-order valence-electron chi connectivity index (χ1n) is 9.69. The molecule has 0 saturated heterocycles. The summed E-state index contributed by atoms with van der Waals surface area (Å²) < 4.78 is 6.45. The standard InChI is InChI=1S/C21H18BrN7O2/c1-23-19-26-10-12(11-27-19)18-17-14(15-9-13(22)3-4-16(15)28-17)5-8-29(18)21(30)31-20-24-6-2-7-25-20/h2-4,6-7,9-11,18,28H,5,8H2,1H3,(H,23,26,27). The van der Waals surface area contributed by atoms with Gasteiger partial charge in [0, 0.05) is 65.0 Å². The molecule has 0 bridgehead atoms. The van der Waals surface area contributed by atoms with Gasteiger partial charge >= 0.3 is 12.1 Å². The van der Waals surface area contributed by atoms with Crippen molar-refractivity contribution in [3.63, 3.8) is 0 Å². The van der Waals surface area contributed by atoms with Gasteiger partial charge in [0.15, 0.2) is 0 Å². The van der Waals surface area contributed by atoms with Crippen LogP contribution in [-0.4, -0.2) is 49.5 Å². The third kappa shape index (κ3) is 3.59. The molecule has 1 aromatic carbocycles. The smallest absolute Gasteiger partial charge is 0.374 e. The molecule has 0 aliphatic carbocycles. The number of aromatic nitrogens is 5. The molecular formula is C21H18BrN7O2. The molecule has 0 fully saturated rings. The van der Waals surface area contributed by atoms with Crippen LogP contribution in [0.2, 0.25) is 0 Å². The van der Waals surface area contributed by atoms with Crippen LogP contribution in [-0.2, 0) is 6.42 Å². The number of benzene rings is 1. The van der Waals surface area contributed by atoms with Gasteiger partial charge in [-0.05, 0) is 36.2 Å². The highest BCUT2D eigenvalue weighted by atomic mass is 79.9. The van der Waals surface area contributed by atoms with Gasteiger partial charge in [-0.3, -0.25) is 4.90 Å². The number of hydrogen-bond donors (Lipinski definition) is 2. The zero-order valence-electron chi connectivity index (χ0n) is 16.5. The first-order valence-corrected chi connectivity index (χ1v) is 10.5. The lowest BCUT2D eigenvalue weighted by Gasteiger charge is -2.34. The summed E-state index contributed by atoms with van der Waals surface area (Å²) in [7, 11) is 1.76. The molecule has 0 saturated carbocycles. The molecule has 0 spiro atoms. The maximum Gasteiger partial charge on any atom is 0.418 e. The second-order valence-corrected chi connectivity index (χ2v) is 7.96. The van der Waals surface area contributed by atoms with Crippen molar-refractivity contribution in [2.75, 3.05) is 18.9 Å². The normalized spacial score (nSPS) is 15.5. The van der Waals surface area contributed by atoms with Crippen LogP contribution in [0.15, 0.2) is 53.5 Å². The van der Waals surface area contributed by atoms with E-state index in [9.17, 15) is 4.79 Å². The lowest BCUT2D eigenvalue weighted by Crippen LogP contribution is -2.42. The Morgan fingerprint density at radius 3 is 2.74 bits per heavy atom. The summed E-state index contributed by atoms with van der Waals surface area (Å²) in [5, 5.41) is 4.04. The number of H-pyrrole nitrogens is 1. The number of aromatic amines is 1. The van der Waals surface area contributed by atoms with Crippen molar-refractivity contribution in [2.24, 2.45) is 0 Å². The number of nitrogens with zero attached hydrogens (tertiary/aromatic N) is 5. The molecule has 0 radical (unpaired) electrons. The number of anilines is 1. The van der Waals surface area contributed by atoms with Gasteiger partial charge in [0.1, 0.15) is 6.04 Å². The minimum atomic E-state index is -0.528. The summed E-state index contributed by atoms with van der Waals surface area (Å²) in [6, 6.07) is 7.35. The lowest BCUT2D eigenvalue weighted by molar-refractivity contribution is 0.131. The van der Waals surface area contributed by atoms with E-state index >= 15 is 0 Å². The predicted molar refractivity (Wildman–Crippen MR) is 118 cm³/mol. The average molecular weight is 480 g/mol. The van der Waals surface area contributed by atoms with Crippen LogP contribution in [0.1, 0.15) is 22.9 Å². The SMILES string of the molecule is CNc1ncc(C2c3[nH]c4ccc(Br)cc4c3CCN2C(=O)Oc2ncccn2)cn1. The number of carbonyl (C=O) groups is 1. The molecule has 1 atom stereocenters. The van der Waals surface area contributed by atoms with Gasteiger partial charge in [-0.25, -0.2) is 24.7 Å². The van der Waals surface area contributed by atoms with E-state index in [2.05, 4.69) is 52.2 Å². The van der Waals surface area contributed by atoms with Crippen molar-refractivity contribution in [1.82, 2.24) is 29.8 Å². The Morgan fingerprint density at radius 2 is 2.00 bits per heavy atom. The van der Waals surface area contributed by atoms with Crippen LogP contribution >= 0.6 is 15.9 Å². The average Bonchev–Trinajstić information content (AvgIpc) is 3.17. The van der Waals surface area contributed by atoms with Gasteiger partial charge in [-0.2, -0.15) is 0 Å². The van der Waals surface area contributed by atoms with Crippen molar-refractivity contribution in [2.45, 2.75) is 12.5 Å². The zero-order chi connectivity index (χ0) is 21.4. The second kappa shape index (κ2) is 7.95. The molecule has 10 heteroatoms. The Kier molecular flexibility index (Phi) is 4.99. The van der Waals surface area contributed by atoms with E-state index in [4.69, 9.17) is 4.74 Å². The van der Waals surface area contributed by atoms with Crippen LogP contribution in [0, 0.1) is 0 Å². The van der Waals surface area contributed by atoms with Crippen LogP contribution in [0.25, 0.3) is 10.9 Å². The van der Waals surface area contributed by atoms with E-state index in [1.165, 1.54) is 18.0 Å². The van der Waals surface area contributed by atoms with E-state index in [1.54, 1.807) is 30.4 Å². The van der Waals surface area contributed by atoms with Crippen LogP contribution in [0.4, 0.5) is 10.7 Å². The highest BCUT2D eigenvalue weighted by Crippen LogP contribution is 2.39. The van der Waals surface area contributed by atoms with Gasteiger partial charge in [0.25, 0.3) is 0 Å². The number of ether oxygens (including phenoxy) is 1. The third-order valence-corrected chi connectivity index (χ3v) is 5.75. The fourth-order valence-electron chi connectivity index (χ4n) is 3.89. The van der Waals surface area contributed by atoms with Crippen LogP contribution in [0.3, 0.4) is 0 Å². The van der Waals surface area contributed by atoms with Crippen LogP contribution in [0.5, 0.6) is 6.01 Å². The highest BCUT2D eigenvalue weighted by Gasteiger charge is 2.36. The Balaban J connectivity index is 1.59. The monoisotopic (exact) mass is 479 g/mol. The number of amides is 1. The molecule has 4 aromatic rings. The Hall–Kier alpha value is -3.53. The molecule has 31 heavy (non-hydrogen) atoms. The first kappa shape index (κ1) is 19.4. The molecule has 1 aliphatic heterocycles. The highest BCUT2D eigenvalue weighted by molar-refractivity contribution is 9.10. The van der Waals surface area contributed by atoms with E-state index in [0.29, 0.717) is 18.9 Å². The molecule has 156 valence electrons. The second-order valence-electron chi connectivity index (χ2n) is 7.04. The number of halogens is 1. The maximum absolute atomic E-state index is 13.1. The summed E-state index contributed by atoms with van der Waals surface area (Å²) in [4.78, 5) is 34.9. The Bertz CT molecular complexity index is 1240. The van der Waals surface area contributed by atoms with Gasteiger partial charge in [0.2, 0.25) is 5.95 Å². The van der Waals surface area contributed by atoms with E-state index in [1.807, 2.05) is 12.1 Å². The lowest BCUT2D eigenvalue weighted by atomic mass is 9.94. The van der Waals surface area contributed by atoms with Gasteiger partial charge in [0.05, 0.1) is 0 Å². The first-order chi connectivity index (χ1) is 15.1. The molecule has 3 aromatic heterocycles. The summed E-state index contributed by atoms with van der Waals surface area (Å²) >= 11 is 3.55. The minimum absolute atomic E-state index is 0.0133. The topological polar surface area (TPSA) is 109 Å². The van der Waals surface area contributed by atoms with Crippen molar-refractivity contribution in [1.29, 1.82) is 0 Å². The molecule has 1 amide bonds. The summed E-state index contributed by atoms with van der Waals surface area (Å²) in [5.74, 6) is 0.507. The Labute approximate surface area is 186 Å². The van der Waals surface area contributed by atoms with E-state index in [-0.39, 0.29) is 6.01 Å². The predicted octanol–water partition coefficient (Wildman–Crippen LogP) is 3.70. The summed E-state index contributed by atoms with van der Waals surface area (Å²) in [6.45, 7) is 0.469. The fraction of sp³-hybridized carbons (Fsp3) is 0.190. The molecule has 5 rings (SSSR count). The Morgan fingerprint density at radius 1 is 1.23 bits per heavy atom. The molecule has 1 aliphatic rings. The largest absolute Gasteiger partial charge is 0.418 e. The molecule has 2 N–H and O–H groups in total. The number of hydrogen-bond acceptors (Lipinski definition) is 7. The summed E-state index contributed by atoms with van der Waals surface area (Å²) in [6.07, 6.45) is 6.66. The van der Waals surface area contributed by atoms with Gasteiger partial charge < -0.3 is 15.0 Å². The number of rotatable bonds is 3. The maximum atomic E-state index is 13.1. The van der Waals surface area contributed by atoms with Gasteiger partial charge in [-0.15, -0.1) is 0 Å². The number of carbonyl (C=O) groups excluding carboxylic acids is 1. The number of fused-ring (bicyclic) bond motifs is 3. The van der Waals surface area contributed by atoms with E-state index in [0.717, 1.165) is 26.6 Å². The number of nitrogens with one attached hydrogen (secondary N) is 2. The molecule has 1 unspecified atom stereocenters. The van der Waals surface area contributed by atoms with Crippen molar-refractivity contribution in [3.05, 3.63) is 70.3 Å². The molecule has 4 heterocycles.